The Balaban J connectivity index is 1.45. The van der Waals surface area contributed by atoms with E-state index in [0.29, 0.717) is 37.1 Å². The lowest BCUT2D eigenvalue weighted by Crippen LogP contribution is -2.36. The molecule has 2 aliphatic rings. The number of carboxylic acids is 1. The van der Waals surface area contributed by atoms with Gasteiger partial charge in [0, 0.05) is 6.04 Å². The second-order valence-corrected chi connectivity index (χ2v) is 10.3. The molecule has 0 heterocycles. The van der Waals surface area contributed by atoms with Crippen LogP contribution in [-0.4, -0.2) is 29.8 Å². The molecule has 0 amide bonds. The predicted molar refractivity (Wildman–Crippen MR) is 131 cm³/mol. The maximum atomic E-state index is 14.2. The van der Waals surface area contributed by atoms with Crippen molar-refractivity contribution in [3.63, 3.8) is 0 Å². The van der Waals surface area contributed by atoms with Gasteiger partial charge in [-0.05, 0) is 92.7 Å². The van der Waals surface area contributed by atoms with E-state index < -0.39 is 17.7 Å². The zero-order chi connectivity index (χ0) is 25.0. The highest BCUT2D eigenvalue weighted by Gasteiger charge is 2.37. The molecule has 192 valence electrons. The first-order valence-corrected chi connectivity index (χ1v) is 13.0. The lowest BCUT2D eigenvalue weighted by Gasteiger charge is -2.29. The fourth-order valence-corrected chi connectivity index (χ4v) is 5.70. The van der Waals surface area contributed by atoms with Crippen molar-refractivity contribution < 1.29 is 27.8 Å². The molecule has 7 heteroatoms. The van der Waals surface area contributed by atoms with Crippen LogP contribution in [0, 0.1) is 11.8 Å². The van der Waals surface area contributed by atoms with Gasteiger partial charge in [0.2, 0.25) is 0 Å². The van der Waals surface area contributed by atoms with Crippen LogP contribution >= 0.6 is 0 Å². The summed E-state index contributed by atoms with van der Waals surface area (Å²) in [6.07, 6.45) is 3.62. The number of ether oxygens (including phenoxy) is 1. The molecule has 0 aromatic heterocycles. The van der Waals surface area contributed by atoms with Gasteiger partial charge in [-0.25, -0.2) is 0 Å². The normalized spacial score (nSPS) is 25.5. The molecule has 2 aromatic rings. The number of halogens is 3. The van der Waals surface area contributed by atoms with E-state index in [4.69, 9.17) is 9.84 Å². The summed E-state index contributed by atoms with van der Waals surface area (Å²) in [4.78, 5) is 11.1. The second kappa shape index (κ2) is 11.2. The Hall–Kier alpha value is -2.28. The molecule has 0 aliphatic heterocycles. The quantitative estimate of drug-likeness (QED) is 0.418. The molecule has 0 unspecified atom stereocenters. The molecule has 35 heavy (non-hydrogen) atoms. The molecule has 0 saturated heterocycles. The molecule has 2 saturated carbocycles. The Kier molecular flexibility index (Phi) is 8.25. The fraction of sp³-hybridized carbons (Fsp3) is 0.607. The SMILES string of the molecule is CCC1CCC(Oc2ccc3ccc(CCNC4CCC(C(=O)O)CC4)cc3c2C(F)(F)F)CC1. The summed E-state index contributed by atoms with van der Waals surface area (Å²) in [5.74, 6) is -0.392. The molecule has 0 radical (unpaired) electrons. The first-order valence-electron chi connectivity index (χ1n) is 13.0. The van der Waals surface area contributed by atoms with Crippen molar-refractivity contribution in [3.8, 4) is 5.75 Å². The van der Waals surface area contributed by atoms with E-state index in [1.54, 1.807) is 18.2 Å². The van der Waals surface area contributed by atoms with Crippen LogP contribution in [0.4, 0.5) is 13.2 Å². The minimum Gasteiger partial charge on any atom is -0.490 e. The summed E-state index contributed by atoms with van der Waals surface area (Å²) in [6, 6.07) is 8.76. The van der Waals surface area contributed by atoms with Gasteiger partial charge in [-0.2, -0.15) is 13.2 Å². The Morgan fingerprint density at radius 1 is 1.03 bits per heavy atom. The van der Waals surface area contributed by atoms with Gasteiger partial charge in [-0.15, -0.1) is 0 Å². The number of hydrogen-bond acceptors (Lipinski definition) is 3. The molecular formula is C28H36F3NO3. The number of aliphatic carboxylic acids is 1. The summed E-state index contributed by atoms with van der Waals surface area (Å²) in [6.45, 7) is 2.81. The molecule has 4 rings (SSSR count). The highest BCUT2D eigenvalue weighted by Crippen LogP contribution is 2.43. The van der Waals surface area contributed by atoms with Gasteiger partial charge < -0.3 is 15.2 Å². The van der Waals surface area contributed by atoms with Crippen LogP contribution < -0.4 is 10.1 Å². The first-order chi connectivity index (χ1) is 16.7. The lowest BCUT2D eigenvalue weighted by molar-refractivity contribution is -0.143. The number of fused-ring (bicyclic) bond motifs is 1. The van der Waals surface area contributed by atoms with E-state index in [1.165, 1.54) is 6.07 Å². The maximum absolute atomic E-state index is 14.2. The van der Waals surface area contributed by atoms with Crippen LogP contribution in [-0.2, 0) is 17.4 Å². The zero-order valence-corrected chi connectivity index (χ0v) is 20.4. The van der Waals surface area contributed by atoms with E-state index in [2.05, 4.69) is 12.2 Å². The van der Waals surface area contributed by atoms with Crippen molar-refractivity contribution in [2.75, 3.05) is 6.54 Å². The monoisotopic (exact) mass is 491 g/mol. The van der Waals surface area contributed by atoms with Gasteiger partial charge in [0.1, 0.15) is 11.3 Å². The molecule has 0 bridgehead atoms. The predicted octanol–water partition coefficient (Wildman–Crippen LogP) is 6.98. The number of alkyl halides is 3. The third kappa shape index (κ3) is 6.49. The number of benzene rings is 2. The van der Waals surface area contributed by atoms with Gasteiger partial charge in [0.25, 0.3) is 0 Å². The van der Waals surface area contributed by atoms with Gasteiger partial charge in [-0.3, -0.25) is 4.79 Å². The summed E-state index contributed by atoms with van der Waals surface area (Å²) in [5, 5.41) is 13.3. The topological polar surface area (TPSA) is 58.6 Å². The number of carboxylic acid groups (broad SMARTS) is 1. The summed E-state index contributed by atoms with van der Waals surface area (Å²) in [5.41, 5.74) is 0.171. The second-order valence-electron chi connectivity index (χ2n) is 10.3. The van der Waals surface area contributed by atoms with E-state index >= 15 is 0 Å². The molecule has 2 aromatic carbocycles. The van der Waals surface area contributed by atoms with Crippen LogP contribution in [0.25, 0.3) is 10.8 Å². The summed E-state index contributed by atoms with van der Waals surface area (Å²) in [7, 11) is 0. The number of carbonyl (C=O) groups is 1. The number of hydrogen-bond donors (Lipinski definition) is 2. The third-order valence-corrected chi connectivity index (χ3v) is 7.92. The van der Waals surface area contributed by atoms with E-state index in [0.717, 1.165) is 50.5 Å². The van der Waals surface area contributed by atoms with Gasteiger partial charge in [-0.1, -0.05) is 37.6 Å². The highest BCUT2D eigenvalue weighted by atomic mass is 19.4. The Labute approximate surface area is 205 Å². The van der Waals surface area contributed by atoms with Crippen LogP contribution in [0.5, 0.6) is 5.75 Å². The lowest BCUT2D eigenvalue weighted by atomic mass is 9.86. The minimum absolute atomic E-state index is 0.0598. The Morgan fingerprint density at radius 2 is 1.71 bits per heavy atom. The van der Waals surface area contributed by atoms with Crippen LogP contribution in [0.2, 0.25) is 0 Å². The summed E-state index contributed by atoms with van der Waals surface area (Å²) >= 11 is 0. The average molecular weight is 492 g/mol. The standard InChI is InChI=1S/C28H36F3NO3/c1-2-18-4-12-23(13-5-18)35-25-14-9-20-6-3-19(17-24(20)26(25)28(29,30)31)15-16-32-22-10-7-21(8-11-22)27(33)34/h3,6,9,14,17-18,21-23,32H,2,4-5,7-8,10-13,15-16H2,1H3,(H,33,34). The highest BCUT2D eigenvalue weighted by molar-refractivity contribution is 5.89. The van der Waals surface area contributed by atoms with Crippen molar-refractivity contribution in [1.82, 2.24) is 5.32 Å². The molecule has 2 fully saturated rings. The fourth-order valence-electron chi connectivity index (χ4n) is 5.70. The molecule has 2 N–H and O–H groups in total. The van der Waals surface area contributed by atoms with Crippen LogP contribution in [0.3, 0.4) is 0 Å². The molecule has 4 nitrogen and oxygen atoms in total. The van der Waals surface area contributed by atoms with E-state index in [9.17, 15) is 18.0 Å². The van der Waals surface area contributed by atoms with Crippen molar-refractivity contribution >= 4 is 16.7 Å². The molecule has 2 aliphatic carbocycles. The van der Waals surface area contributed by atoms with Crippen molar-refractivity contribution in [3.05, 3.63) is 41.5 Å². The van der Waals surface area contributed by atoms with Gasteiger partial charge in [0.05, 0.1) is 12.0 Å². The Bertz CT molecular complexity index is 1010. The number of nitrogens with one attached hydrogen (secondary N) is 1. The van der Waals surface area contributed by atoms with Crippen molar-refractivity contribution in [2.45, 2.75) is 89.5 Å². The van der Waals surface area contributed by atoms with Crippen LogP contribution in [0.15, 0.2) is 30.3 Å². The van der Waals surface area contributed by atoms with Crippen molar-refractivity contribution in [1.29, 1.82) is 0 Å². The number of rotatable bonds is 8. The molecular weight excluding hydrogens is 455 g/mol. The van der Waals surface area contributed by atoms with Crippen molar-refractivity contribution in [2.24, 2.45) is 11.8 Å². The minimum atomic E-state index is -4.50. The smallest absolute Gasteiger partial charge is 0.420 e. The molecule has 0 atom stereocenters. The van der Waals surface area contributed by atoms with E-state index in [-0.39, 0.29) is 29.2 Å². The maximum Gasteiger partial charge on any atom is 0.420 e. The zero-order valence-electron chi connectivity index (χ0n) is 20.4. The first kappa shape index (κ1) is 25.8. The third-order valence-electron chi connectivity index (χ3n) is 7.92. The molecule has 0 spiro atoms. The summed E-state index contributed by atoms with van der Waals surface area (Å²) < 4.78 is 48.7. The largest absolute Gasteiger partial charge is 0.490 e. The average Bonchev–Trinajstić information content (AvgIpc) is 2.84. The van der Waals surface area contributed by atoms with Gasteiger partial charge >= 0.3 is 12.1 Å². The van der Waals surface area contributed by atoms with E-state index in [1.807, 2.05) is 6.07 Å². The van der Waals surface area contributed by atoms with Gasteiger partial charge in [0.15, 0.2) is 0 Å². The van der Waals surface area contributed by atoms with Crippen LogP contribution in [0.1, 0.15) is 75.8 Å². The Morgan fingerprint density at radius 3 is 2.34 bits per heavy atom.